The number of nitrogens with one attached hydrogen (secondary N) is 4. The highest BCUT2D eigenvalue weighted by molar-refractivity contribution is 5.90. The number of aromatic amines is 2. The predicted molar refractivity (Wildman–Crippen MR) is 166 cm³/mol. The fourth-order valence-corrected chi connectivity index (χ4v) is 5.13. The van der Waals surface area contributed by atoms with Crippen molar-refractivity contribution in [3.05, 3.63) is 116 Å². The van der Waals surface area contributed by atoms with Crippen molar-refractivity contribution in [1.29, 1.82) is 0 Å². The van der Waals surface area contributed by atoms with Crippen molar-refractivity contribution in [2.75, 3.05) is 10.6 Å². The van der Waals surface area contributed by atoms with Crippen molar-refractivity contribution in [2.24, 2.45) is 0 Å². The SMILES string of the molecule is c1ccc(-c2ccc3[nH]c(Nc4ncnc(Nc5cc6nc(-c7ccccc7)ccc6[nH]5)c5cncc4-5)cc3n2)cc1. The van der Waals surface area contributed by atoms with Gasteiger partial charge in [0, 0.05) is 46.8 Å². The number of anilines is 4. The number of pyridine rings is 2. The lowest BCUT2D eigenvalue weighted by Crippen LogP contribution is -1.95. The van der Waals surface area contributed by atoms with Crippen molar-refractivity contribution in [2.45, 2.75) is 0 Å². The summed E-state index contributed by atoms with van der Waals surface area (Å²) in [7, 11) is 0. The molecule has 4 N–H and O–H groups in total. The van der Waals surface area contributed by atoms with Crippen LogP contribution in [0.25, 0.3) is 55.7 Å². The first-order valence-electron chi connectivity index (χ1n) is 13.5. The summed E-state index contributed by atoms with van der Waals surface area (Å²) in [5, 5.41) is 6.81. The Balaban J connectivity index is 1.07. The molecule has 0 amide bonds. The van der Waals surface area contributed by atoms with Gasteiger partial charge in [0.2, 0.25) is 0 Å². The second kappa shape index (κ2) is 9.83. The molecule has 8 rings (SSSR count). The molecule has 9 nitrogen and oxygen atoms in total. The van der Waals surface area contributed by atoms with Crippen LogP contribution in [0.5, 0.6) is 0 Å². The summed E-state index contributed by atoms with van der Waals surface area (Å²) in [6.07, 6.45) is 5.10. The maximum Gasteiger partial charge on any atom is 0.142 e. The zero-order valence-electron chi connectivity index (χ0n) is 22.2. The van der Waals surface area contributed by atoms with E-state index in [0.29, 0.717) is 11.6 Å². The van der Waals surface area contributed by atoms with Gasteiger partial charge in [-0.2, -0.15) is 0 Å². The fourth-order valence-electron chi connectivity index (χ4n) is 5.13. The Bertz CT molecular complexity index is 2000. The van der Waals surface area contributed by atoms with Crippen LogP contribution in [0.1, 0.15) is 0 Å². The first-order valence-corrected chi connectivity index (χ1v) is 13.5. The van der Waals surface area contributed by atoms with Crippen molar-refractivity contribution < 1.29 is 0 Å². The van der Waals surface area contributed by atoms with Crippen LogP contribution in [0.3, 0.4) is 0 Å². The zero-order chi connectivity index (χ0) is 27.9. The maximum absolute atomic E-state index is 4.84. The smallest absolute Gasteiger partial charge is 0.142 e. The molecule has 200 valence electrons. The second-order valence-electron chi connectivity index (χ2n) is 9.91. The molecule has 9 heteroatoms. The number of aromatic nitrogens is 7. The molecule has 0 aliphatic carbocycles. The predicted octanol–water partition coefficient (Wildman–Crippen LogP) is 7.55. The maximum atomic E-state index is 4.84. The van der Waals surface area contributed by atoms with E-state index in [1.807, 2.05) is 72.8 Å². The molecule has 0 saturated carbocycles. The van der Waals surface area contributed by atoms with Crippen molar-refractivity contribution in [3.8, 4) is 33.6 Å². The highest BCUT2D eigenvalue weighted by Gasteiger charge is 2.17. The third-order valence-electron chi connectivity index (χ3n) is 7.18. The molecule has 0 bridgehead atoms. The van der Waals surface area contributed by atoms with Crippen LogP contribution in [-0.2, 0) is 0 Å². The van der Waals surface area contributed by atoms with Crippen molar-refractivity contribution >= 4 is 45.3 Å². The molecule has 2 aliphatic heterocycles. The van der Waals surface area contributed by atoms with Gasteiger partial charge < -0.3 is 20.6 Å². The van der Waals surface area contributed by atoms with Gasteiger partial charge in [0.1, 0.15) is 29.6 Å². The van der Waals surface area contributed by atoms with Gasteiger partial charge >= 0.3 is 0 Å². The average Bonchev–Trinajstić information content (AvgIpc) is 3.76. The Kier molecular flexibility index (Phi) is 5.56. The second-order valence-corrected chi connectivity index (χ2v) is 9.91. The lowest BCUT2D eigenvalue weighted by atomic mass is 10.1. The summed E-state index contributed by atoms with van der Waals surface area (Å²) >= 11 is 0. The Morgan fingerprint density at radius 1 is 0.524 bits per heavy atom. The van der Waals surface area contributed by atoms with Gasteiger partial charge in [-0.25, -0.2) is 19.9 Å². The minimum Gasteiger partial charge on any atom is -0.340 e. The summed E-state index contributed by atoms with van der Waals surface area (Å²) in [4.78, 5) is 30.1. The Labute approximate surface area is 240 Å². The molecule has 0 spiro atoms. The molecule has 2 aromatic carbocycles. The zero-order valence-corrected chi connectivity index (χ0v) is 22.2. The van der Waals surface area contributed by atoms with E-state index in [1.54, 1.807) is 12.4 Å². The number of hydrogen-bond acceptors (Lipinski definition) is 7. The number of fused-ring (bicyclic) bond motifs is 3. The molecule has 0 radical (unpaired) electrons. The summed E-state index contributed by atoms with van der Waals surface area (Å²) in [6, 6.07) is 32.3. The number of hydrogen-bond donors (Lipinski definition) is 4. The van der Waals surface area contributed by atoms with Crippen LogP contribution in [0, 0.1) is 0 Å². The Hall–Kier alpha value is -6.09. The van der Waals surface area contributed by atoms with Crippen LogP contribution in [0.2, 0.25) is 0 Å². The number of H-pyrrole nitrogens is 2. The number of benzene rings is 2. The minimum atomic E-state index is 0.628. The first kappa shape index (κ1) is 23.8. The summed E-state index contributed by atoms with van der Waals surface area (Å²) in [5.41, 5.74) is 9.22. The van der Waals surface area contributed by atoms with Gasteiger partial charge in [0.05, 0.1) is 33.5 Å². The van der Waals surface area contributed by atoms with Crippen LogP contribution in [0.4, 0.5) is 23.3 Å². The third kappa shape index (κ3) is 4.35. The van der Waals surface area contributed by atoms with Crippen LogP contribution in [-0.4, -0.2) is 34.9 Å². The van der Waals surface area contributed by atoms with Gasteiger partial charge in [0.25, 0.3) is 0 Å². The molecule has 0 fully saturated rings. The fraction of sp³-hybridized carbons (Fsp3) is 0. The molecule has 0 saturated heterocycles. The molecule has 42 heavy (non-hydrogen) atoms. The van der Waals surface area contributed by atoms with E-state index in [0.717, 1.165) is 67.3 Å². The lowest BCUT2D eigenvalue weighted by molar-refractivity contribution is 1.21. The van der Waals surface area contributed by atoms with Gasteiger partial charge in [-0.1, -0.05) is 60.7 Å². The third-order valence-corrected chi connectivity index (χ3v) is 7.18. The topological polar surface area (TPSA) is 120 Å². The van der Waals surface area contributed by atoms with E-state index >= 15 is 0 Å². The summed E-state index contributed by atoms with van der Waals surface area (Å²) < 4.78 is 0. The number of rotatable bonds is 6. The highest BCUT2D eigenvalue weighted by Crippen LogP contribution is 2.35. The molecule has 4 aromatic heterocycles. The summed E-state index contributed by atoms with van der Waals surface area (Å²) in [5.74, 6) is 2.80. The Morgan fingerprint density at radius 3 is 1.48 bits per heavy atom. The molecule has 2 aliphatic rings. The van der Waals surface area contributed by atoms with Gasteiger partial charge in [-0.05, 0) is 24.3 Å². The van der Waals surface area contributed by atoms with Gasteiger partial charge in [-0.15, -0.1) is 0 Å². The molecule has 0 unspecified atom stereocenters. The largest absolute Gasteiger partial charge is 0.340 e. The van der Waals surface area contributed by atoms with Crippen molar-refractivity contribution in [1.82, 2.24) is 34.9 Å². The van der Waals surface area contributed by atoms with Gasteiger partial charge in [-0.3, -0.25) is 4.98 Å². The van der Waals surface area contributed by atoms with Gasteiger partial charge in [0.15, 0.2) is 0 Å². The van der Waals surface area contributed by atoms with Crippen molar-refractivity contribution in [3.63, 3.8) is 0 Å². The average molecular weight is 546 g/mol. The van der Waals surface area contributed by atoms with E-state index in [1.165, 1.54) is 6.33 Å². The lowest BCUT2D eigenvalue weighted by Gasteiger charge is -2.06. The number of nitrogens with zero attached hydrogens (tertiary/aromatic N) is 5. The standard InChI is InChI=1S/C33H23N9/c1-3-7-20(8-4-1)24-11-13-26-28(37-24)15-30(39-26)41-32-22-17-34-18-23(22)33(36-19-35-32)42-31-16-29-27(40-31)14-12-25(38-29)21-9-5-2-6-10-21/h1-19,39-40H,(H2,35,36,41,42). The Morgan fingerprint density at radius 2 is 1.00 bits per heavy atom. The summed E-state index contributed by atoms with van der Waals surface area (Å²) in [6.45, 7) is 0. The minimum absolute atomic E-state index is 0.628. The monoisotopic (exact) mass is 545 g/mol. The molecule has 0 atom stereocenters. The first-order chi connectivity index (χ1) is 20.8. The van der Waals surface area contributed by atoms with E-state index in [2.05, 4.69) is 59.8 Å². The van der Waals surface area contributed by atoms with E-state index in [9.17, 15) is 0 Å². The molecule has 6 aromatic rings. The molecular weight excluding hydrogens is 522 g/mol. The van der Waals surface area contributed by atoms with E-state index in [-0.39, 0.29) is 0 Å². The van der Waals surface area contributed by atoms with Crippen LogP contribution in [0.15, 0.2) is 116 Å². The highest BCUT2D eigenvalue weighted by atomic mass is 15.1. The normalized spacial score (nSPS) is 11.3. The quantitative estimate of drug-likeness (QED) is 0.170. The van der Waals surface area contributed by atoms with E-state index < -0.39 is 0 Å². The molecular formula is C33H23N9. The molecule has 6 heterocycles. The van der Waals surface area contributed by atoms with Crippen LogP contribution >= 0.6 is 0 Å². The van der Waals surface area contributed by atoms with E-state index in [4.69, 9.17) is 9.97 Å². The van der Waals surface area contributed by atoms with Crippen LogP contribution < -0.4 is 10.6 Å².